The molecule has 2 heterocycles. The number of esters is 1. The predicted molar refractivity (Wildman–Crippen MR) is 131 cm³/mol. The first-order chi connectivity index (χ1) is 17.8. The van der Waals surface area contributed by atoms with Gasteiger partial charge in [-0.1, -0.05) is 12.1 Å². The van der Waals surface area contributed by atoms with Crippen molar-refractivity contribution >= 4 is 46.5 Å². The lowest BCUT2D eigenvalue weighted by molar-refractivity contribution is -0.384. The van der Waals surface area contributed by atoms with Crippen LogP contribution in [0.4, 0.5) is 10.5 Å². The minimum Gasteiger partial charge on any atom is -0.493 e. The molecule has 0 unspecified atom stereocenters. The second-order valence-electron chi connectivity index (χ2n) is 7.87. The van der Waals surface area contributed by atoms with Crippen LogP contribution >= 0.6 is 11.8 Å². The van der Waals surface area contributed by atoms with Crippen molar-refractivity contribution in [2.75, 3.05) is 40.0 Å². The van der Waals surface area contributed by atoms with Gasteiger partial charge in [-0.25, -0.2) is 4.79 Å². The molecule has 0 radical (unpaired) electrons. The number of hydrogen-bond acceptors (Lipinski definition) is 10. The van der Waals surface area contributed by atoms with Crippen molar-refractivity contribution in [1.29, 1.82) is 0 Å². The smallest absolute Gasteiger partial charge is 0.343 e. The van der Waals surface area contributed by atoms with E-state index in [1.807, 2.05) is 0 Å². The van der Waals surface area contributed by atoms with Crippen LogP contribution in [0.3, 0.4) is 0 Å². The summed E-state index contributed by atoms with van der Waals surface area (Å²) in [5, 5.41) is 10.4. The van der Waals surface area contributed by atoms with Crippen LogP contribution in [0.2, 0.25) is 0 Å². The van der Waals surface area contributed by atoms with Gasteiger partial charge in [-0.2, -0.15) is 0 Å². The average molecular weight is 528 g/mol. The monoisotopic (exact) mass is 527 g/mol. The molecular formula is C24H21N3O9S. The largest absolute Gasteiger partial charge is 0.493 e. The molecule has 2 aliphatic heterocycles. The SMILES string of the molecule is COc1cc(/C=C2\SC(=O)N(CC(=O)N3CCOCC3)C2=O)ccc1OC(=O)c1cccc([N+](=O)[O-])c1. The molecule has 37 heavy (non-hydrogen) atoms. The van der Waals surface area contributed by atoms with Crippen LogP contribution in [-0.4, -0.2) is 77.7 Å². The fourth-order valence-corrected chi connectivity index (χ4v) is 4.44. The molecule has 3 amide bonds. The Bertz CT molecular complexity index is 1300. The van der Waals surface area contributed by atoms with E-state index in [4.69, 9.17) is 14.2 Å². The number of benzene rings is 2. The summed E-state index contributed by atoms with van der Waals surface area (Å²) in [4.78, 5) is 63.1. The van der Waals surface area contributed by atoms with E-state index < -0.39 is 22.0 Å². The van der Waals surface area contributed by atoms with Gasteiger partial charge in [-0.05, 0) is 41.6 Å². The molecule has 2 fully saturated rings. The number of carbonyl (C=O) groups excluding carboxylic acids is 4. The number of methoxy groups -OCH3 is 1. The van der Waals surface area contributed by atoms with Gasteiger partial charge in [0.15, 0.2) is 11.5 Å². The molecular weight excluding hydrogens is 506 g/mol. The number of hydrogen-bond donors (Lipinski definition) is 0. The molecule has 0 spiro atoms. The van der Waals surface area contributed by atoms with E-state index in [1.165, 1.54) is 43.5 Å². The normalized spacial score (nSPS) is 16.7. The van der Waals surface area contributed by atoms with E-state index in [1.54, 1.807) is 11.0 Å². The molecule has 0 N–H and O–H groups in total. The van der Waals surface area contributed by atoms with Crippen molar-refractivity contribution in [3.05, 3.63) is 68.6 Å². The fraction of sp³-hybridized carbons (Fsp3) is 0.250. The number of thioether (sulfide) groups is 1. The van der Waals surface area contributed by atoms with Crippen LogP contribution in [0.25, 0.3) is 6.08 Å². The molecule has 2 aromatic carbocycles. The quantitative estimate of drug-likeness (QED) is 0.173. The Kier molecular flexibility index (Phi) is 7.84. The lowest BCUT2D eigenvalue weighted by Crippen LogP contribution is -2.46. The molecule has 0 atom stereocenters. The van der Waals surface area contributed by atoms with Crippen molar-refractivity contribution in [1.82, 2.24) is 9.80 Å². The van der Waals surface area contributed by atoms with E-state index in [2.05, 4.69) is 0 Å². The Balaban J connectivity index is 1.47. The predicted octanol–water partition coefficient (Wildman–Crippen LogP) is 2.72. The molecule has 2 saturated heterocycles. The van der Waals surface area contributed by atoms with Crippen LogP contribution in [0.15, 0.2) is 47.4 Å². The van der Waals surface area contributed by atoms with Gasteiger partial charge in [0.2, 0.25) is 5.91 Å². The minimum absolute atomic E-state index is 0.0133. The van der Waals surface area contributed by atoms with Crippen molar-refractivity contribution in [2.24, 2.45) is 0 Å². The lowest BCUT2D eigenvalue weighted by atomic mass is 10.1. The van der Waals surface area contributed by atoms with E-state index in [-0.39, 0.29) is 40.1 Å². The second kappa shape index (κ2) is 11.2. The number of rotatable bonds is 7. The highest BCUT2D eigenvalue weighted by Crippen LogP contribution is 2.35. The summed E-state index contributed by atoms with van der Waals surface area (Å²) < 4.78 is 15.9. The van der Waals surface area contributed by atoms with Crippen molar-refractivity contribution < 1.29 is 38.3 Å². The third-order valence-electron chi connectivity index (χ3n) is 5.51. The van der Waals surface area contributed by atoms with Gasteiger partial charge >= 0.3 is 5.97 Å². The van der Waals surface area contributed by atoms with E-state index >= 15 is 0 Å². The zero-order valence-electron chi connectivity index (χ0n) is 19.6. The van der Waals surface area contributed by atoms with Crippen LogP contribution < -0.4 is 9.47 Å². The minimum atomic E-state index is -0.819. The summed E-state index contributed by atoms with van der Waals surface area (Å²) in [6, 6.07) is 9.60. The first kappa shape index (κ1) is 25.9. The number of nitrogens with zero attached hydrogens (tertiary/aromatic N) is 3. The summed E-state index contributed by atoms with van der Waals surface area (Å²) in [6.07, 6.45) is 1.47. The molecule has 2 aliphatic rings. The van der Waals surface area contributed by atoms with Crippen LogP contribution in [0.1, 0.15) is 15.9 Å². The summed E-state index contributed by atoms with van der Waals surface area (Å²) in [7, 11) is 1.36. The van der Waals surface area contributed by atoms with Crippen molar-refractivity contribution in [3.63, 3.8) is 0 Å². The lowest BCUT2D eigenvalue weighted by Gasteiger charge is -2.28. The Labute approximate surface area is 214 Å². The van der Waals surface area contributed by atoms with E-state index in [9.17, 15) is 29.3 Å². The molecule has 13 heteroatoms. The van der Waals surface area contributed by atoms with E-state index in [0.717, 1.165) is 11.0 Å². The number of non-ortho nitro benzene ring substituents is 1. The molecule has 0 bridgehead atoms. The molecule has 12 nitrogen and oxygen atoms in total. The molecule has 0 aliphatic carbocycles. The van der Waals surface area contributed by atoms with Gasteiger partial charge in [0, 0.05) is 25.2 Å². The number of morpholine rings is 1. The third kappa shape index (κ3) is 5.95. The highest BCUT2D eigenvalue weighted by molar-refractivity contribution is 8.18. The number of ether oxygens (including phenoxy) is 3. The molecule has 2 aromatic rings. The zero-order chi connectivity index (χ0) is 26.5. The molecule has 0 aromatic heterocycles. The maximum absolute atomic E-state index is 12.8. The summed E-state index contributed by atoms with van der Waals surface area (Å²) >= 11 is 0.716. The van der Waals surface area contributed by atoms with Gasteiger partial charge < -0.3 is 19.1 Å². The number of nitro groups is 1. The van der Waals surface area contributed by atoms with Gasteiger partial charge in [-0.3, -0.25) is 29.4 Å². The summed E-state index contributed by atoms with van der Waals surface area (Å²) in [5.74, 6) is -1.52. The standard InChI is InChI=1S/C24H21N3O9S/c1-34-19-11-15(5-6-18(19)36-23(30)16-3-2-4-17(13-16)27(32)33)12-20-22(29)26(24(31)37-20)14-21(28)25-7-9-35-10-8-25/h2-6,11-13H,7-10,14H2,1H3/b20-12-. The first-order valence-corrected chi connectivity index (χ1v) is 11.8. The number of amides is 3. The van der Waals surface area contributed by atoms with Gasteiger partial charge in [0.25, 0.3) is 16.8 Å². The Morgan fingerprint density at radius 1 is 1.14 bits per heavy atom. The fourth-order valence-electron chi connectivity index (χ4n) is 3.60. The first-order valence-electron chi connectivity index (χ1n) is 11.0. The third-order valence-corrected chi connectivity index (χ3v) is 6.42. The van der Waals surface area contributed by atoms with Gasteiger partial charge in [0.05, 0.1) is 35.7 Å². The maximum atomic E-state index is 12.8. The number of nitro benzene ring substituents is 1. The molecule has 0 saturated carbocycles. The second-order valence-corrected chi connectivity index (χ2v) is 8.86. The Morgan fingerprint density at radius 2 is 1.89 bits per heavy atom. The van der Waals surface area contributed by atoms with Crippen LogP contribution in [0.5, 0.6) is 11.5 Å². The van der Waals surface area contributed by atoms with Gasteiger partial charge in [0.1, 0.15) is 6.54 Å². The topological polar surface area (TPSA) is 146 Å². The highest BCUT2D eigenvalue weighted by Gasteiger charge is 2.37. The van der Waals surface area contributed by atoms with E-state index in [0.29, 0.717) is 43.6 Å². The van der Waals surface area contributed by atoms with Crippen molar-refractivity contribution in [3.8, 4) is 11.5 Å². The van der Waals surface area contributed by atoms with Crippen LogP contribution in [0, 0.1) is 10.1 Å². The Hall–Kier alpha value is -4.23. The highest BCUT2D eigenvalue weighted by atomic mass is 32.2. The number of imide groups is 1. The van der Waals surface area contributed by atoms with Crippen molar-refractivity contribution in [2.45, 2.75) is 0 Å². The Morgan fingerprint density at radius 3 is 2.59 bits per heavy atom. The summed E-state index contributed by atoms with van der Waals surface area (Å²) in [5.41, 5.74) is 0.218. The summed E-state index contributed by atoms with van der Waals surface area (Å²) in [6.45, 7) is 1.28. The molecule has 4 rings (SSSR count). The zero-order valence-corrected chi connectivity index (χ0v) is 20.4. The van der Waals surface area contributed by atoms with Gasteiger partial charge in [-0.15, -0.1) is 0 Å². The van der Waals surface area contributed by atoms with Crippen LogP contribution in [-0.2, 0) is 14.3 Å². The maximum Gasteiger partial charge on any atom is 0.343 e. The molecule has 192 valence electrons. The number of carbonyl (C=O) groups is 4. The average Bonchev–Trinajstić information content (AvgIpc) is 3.17.